The first kappa shape index (κ1) is 25.9. The Labute approximate surface area is 217 Å². The zero-order valence-electron chi connectivity index (χ0n) is 20.1. The van der Waals surface area contributed by atoms with E-state index >= 15 is 0 Å². The number of fused-ring (bicyclic) bond motifs is 3. The molecule has 0 spiro atoms. The van der Waals surface area contributed by atoms with Gasteiger partial charge < -0.3 is 32.1 Å². The van der Waals surface area contributed by atoms with Crippen molar-refractivity contribution in [2.75, 3.05) is 31.5 Å². The molecule has 36 heavy (non-hydrogen) atoms. The number of rotatable bonds is 7. The lowest BCUT2D eigenvalue weighted by Crippen LogP contribution is -3.00. The summed E-state index contributed by atoms with van der Waals surface area (Å²) in [6.07, 6.45) is 1.45. The number of carbonyl (C=O) groups excluding carboxylic acids is 2. The Morgan fingerprint density at radius 2 is 1.36 bits per heavy atom. The normalized spacial score (nSPS) is 22.8. The SMILES string of the molecule is O=C(C[N+]12CCC(CC1)[C@@H](OC(=O)C(O)(c1ccccc1)c1ccccc1)C2)Nc1ccccc1.[Cl-]. The van der Waals surface area contributed by atoms with Crippen LogP contribution in [0.1, 0.15) is 24.0 Å². The second kappa shape index (κ2) is 10.8. The number of anilines is 1. The molecule has 3 aliphatic rings. The molecule has 1 atom stereocenters. The third-order valence-electron chi connectivity index (χ3n) is 7.52. The van der Waals surface area contributed by atoms with Crippen molar-refractivity contribution in [3.8, 4) is 0 Å². The Kier molecular flexibility index (Phi) is 7.79. The van der Waals surface area contributed by atoms with E-state index < -0.39 is 11.6 Å². The summed E-state index contributed by atoms with van der Waals surface area (Å²) in [5.74, 6) is -0.459. The number of piperidine rings is 3. The van der Waals surface area contributed by atoms with Crippen LogP contribution in [0.3, 0.4) is 0 Å². The van der Waals surface area contributed by atoms with Crippen LogP contribution in [0.5, 0.6) is 0 Å². The lowest BCUT2D eigenvalue weighted by atomic mass is 9.82. The van der Waals surface area contributed by atoms with Crippen LogP contribution in [0.15, 0.2) is 91.0 Å². The summed E-state index contributed by atoms with van der Waals surface area (Å²) in [5, 5.41) is 14.7. The summed E-state index contributed by atoms with van der Waals surface area (Å²) >= 11 is 0. The Morgan fingerprint density at radius 1 is 0.861 bits per heavy atom. The van der Waals surface area contributed by atoms with E-state index in [4.69, 9.17) is 4.74 Å². The van der Waals surface area contributed by atoms with E-state index in [1.54, 1.807) is 48.5 Å². The van der Waals surface area contributed by atoms with Gasteiger partial charge >= 0.3 is 5.97 Å². The van der Waals surface area contributed by atoms with E-state index in [1.165, 1.54) is 0 Å². The summed E-state index contributed by atoms with van der Waals surface area (Å²) in [6, 6.07) is 27.3. The first-order chi connectivity index (χ1) is 17.0. The molecule has 0 aromatic heterocycles. The fraction of sp³-hybridized carbons (Fsp3) is 0.310. The highest BCUT2D eigenvalue weighted by Gasteiger charge is 2.51. The van der Waals surface area contributed by atoms with Crippen molar-refractivity contribution in [3.63, 3.8) is 0 Å². The molecule has 0 saturated carbocycles. The second-order valence-corrected chi connectivity index (χ2v) is 9.77. The number of ether oxygens (including phenoxy) is 1. The molecule has 2 N–H and O–H groups in total. The second-order valence-electron chi connectivity index (χ2n) is 9.77. The Morgan fingerprint density at radius 3 is 1.89 bits per heavy atom. The number of quaternary nitrogens is 1. The molecule has 1 amide bonds. The molecule has 7 heteroatoms. The van der Waals surface area contributed by atoms with Gasteiger partial charge in [-0.15, -0.1) is 0 Å². The Balaban J connectivity index is 0.00000304. The Bertz CT molecular complexity index is 1130. The number of aliphatic hydroxyl groups is 1. The smallest absolute Gasteiger partial charge is 0.348 e. The standard InChI is InChI=1S/C29H30N2O4.ClH/c32-27(30-25-14-8-3-9-15-25)21-31-18-16-22(17-19-31)26(20-31)35-28(33)29(34,23-10-4-1-5-11-23)24-12-6-2-7-13-24;/h1-15,22,26,34H,16-21H2;1H/t22?,26-,31?;/m0./s1. The highest BCUT2D eigenvalue weighted by atomic mass is 35.5. The average Bonchev–Trinajstić information content (AvgIpc) is 2.90. The lowest BCUT2D eigenvalue weighted by Gasteiger charge is -2.51. The fourth-order valence-corrected chi connectivity index (χ4v) is 5.59. The monoisotopic (exact) mass is 506 g/mol. The van der Waals surface area contributed by atoms with Crippen LogP contribution < -0.4 is 17.7 Å². The van der Waals surface area contributed by atoms with Crippen molar-refractivity contribution in [1.82, 2.24) is 0 Å². The predicted octanol–water partition coefficient (Wildman–Crippen LogP) is 0.717. The van der Waals surface area contributed by atoms with Gasteiger partial charge in [0, 0.05) is 24.4 Å². The van der Waals surface area contributed by atoms with Gasteiger partial charge in [-0.05, 0) is 23.3 Å². The molecule has 0 unspecified atom stereocenters. The van der Waals surface area contributed by atoms with Crippen molar-refractivity contribution >= 4 is 17.6 Å². The van der Waals surface area contributed by atoms with Crippen LogP contribution in [-0.4, -0.2) is 53.7 Å². The number of hydrogen-bond acceptors (Lipinski definition) is 4. The van der Waals surface area contributed by atoms with Gasteiger partial charge in [0.1, 0.15) is 6.54 Å². The van der Waals surface area contributed by atoms with E-state index in [0.29, 0.717) is 28.7 Å². The van der Waals surface area contributed by atoms with Gasteiger partial charge in [-0.25, -0.2) is 4.79 Å². The number of benzene rings is 3. The third-order valence-corrected chi connectivity index (χ3v) is 7.52. The first-order valence-corrected chi connectivity index (χ1v) is 12.2. The Hall–Kier alpha value is -3.19. The van der Waals surface area contributed by atoms with E-state index in [9.17, 15) is 14.7 Å². The van der Waals surface area contributed by atoms with Gasteiger partial charge in [0.2, 0.25) is 5.60 Å². The van der Waals surface area contributed by atoms with Gasteiger partial charge in [0.25, 0.3) is 5.91 Å². The fourth-order valence-electron chi connectivity index (χ4n) is 5.59. The summed E-state index contributed by atoms with van der Waals surface area (Å²) in [5.41, 5.74) is -0.169. The van der Waals surface area contributed by atoms with E-state index in [0.717, 1.165) is 31.6 Å². The molecule has 0 aliphatic carbocycles. The number of nitrogens with zero attached hydrogens (tertiary/aromatic N) is 1. The zero-order valence-corrected chi connectivity index (χ0v) is 20.8. The van der Waals surface area contributed by atoms with Crippen molar-refractivity contribution < 1.29 is 36.3 Å². The first-order valence-electron chi connectivity index (χ1n) is 12.2. The molecule has 2 bridgehead atoms. The van der Waals surface area contributed by atoms with Gasteiger partial charge in [-0.1, -0.05) is 78.9 Å². The third kappa shape index (κ3) is 5.16. The van der Waals surface area contributed by atoms with E-state index in [-0.39, 0.29) is 30.3 Å². The maximum Gasteiger partial charge on any atom is 0.348 e. The number of carbonyl (C=O) groups is 2. The zero-order chi connectivity index (χ0) is 24.3. The largest absolute Gasteiger partial charge is 1.00 e. The predicted molar refractivity (Wildman–Crippen MR) is 133 cm³/mol. The number of nitrogens with one attached hydrogen (secondary N) is 1. The van der Waals surface area contributed by atoms with Crippen molar-refractivity contribution in [2.45, 2.75) is 24.5 Å². The maximum atomic E-state index is 13.6. The van der Waals surface area contributed by atoms with Gasteiger partial charge in [-0.2, -0.15) is 0 Å². The topological polar surface area (TPSA) is 75.6 Å². The summed E-state index contributed by atoms with van der Waals surface area (Å²) < 4.78 is 6.69. The van der Waals surface area contributed by atoms with Gasteiger partial charge in [-0.3, -0.25) is 4.79 Å². The summed E-state index contributed by atoms with van der Waals surface area (Å²) in [4.78, 5) is 26.5. The molecule has 3 fully saturated rings. The molecule has 3 aliphatic heterocycles. The van der Waals surface area contributed by atoms with Gasteiger partial charge in [0.15, 0.2) is 12.6 Å². The molecule has 3 aromatic carbocycles. The van der Waals surface area contributed by atoms with Crippen molar-refractivity contribution in [2.24, 2.45) is 5.92 Å². The van der Waals surface area contributed by atoms with Crippen LogP contribution in [0.4, 0.5) is 5.69 Å². The molecular weight excluding hydrogens is 476 g/mol. The minimum absolute atomic E-state index is 0. The highest BCUT2D eigenvalue weighted by Crippen LogP contribution is 2.38. The molecule has 3 aromatic rings. The quantitative estimate of drug-likeness (QED) is 0.366. The van der Waals surface area contributed by atoms with Gasteiger partial charge in [0.05, 0.1) is 13.1 Å². The maximum absolute atomic E-state index is 13.6. The van der Waals surface area contributed by atoms with Crippen LogP contribution in [0, 0.1) is 5.92 Å². The van der Waals surface area contributed by atoms with Crippen LogP contribution in [0.25, 0.3) is 0 Å². The number of para-hydroxylation sites is 1. The minimum atomic E-state index is -1.90. The minimum Gasteiger partial charge on any atom is -1.00 e. The summed E-state index contributed by atoms with van der Waals surface area (Å²) in [6.45, 7) is 2.71. The number of amides is 1. The molecule has 6 nitrogen and oxygen atoms in total. The summed E-state index contributed by atoms with van der Waals surface area (Å²) in [7, 11) is 0. The molecule has 0 radical (unpaired) electrons. The average molecular weight is 507 g/mol. The van der Waals surface area contributed by atoms with E-state index in [2.05, 4.69) is 5.32 Å². The molecule has 3 heterocycles. The van der Waals surface area contributed by atoms with Crippen LogP contribution >= 0.6 is 0 Å². The molecule has 188 valence electrons. The molecule has 3 saturated heterocycles. The number of hydrogen-bond donors (Lipinski definition) is 2. The number of esters is 1. The van der Waals surface area contributed by atoms with Crippen LogP contribution in [-0.2, 0) is 19.9 Å². The lowest BCUT2D eigenvalue weighted by molar-refractivity contribution is -0.939. The van der Waals surface area contributed by atoms with E-state index in [1.807, 2.05) is 42.5 Å². The van der Waals surface area contributed by atoms with Crippen molar-refractivity contribution in [1.29, 1.82) is 0 Å². The molecule has 6 rings (SSSR count). The molecular formula is C29H31ClN2O4. The highest BCUT2D eigenvalue weighted by molar-refractivity contribution is 5.91. The van der Waals surface area contributed by atoms with Crippen LogP contribution in [0.2, 0.25) is 0 Å². The van der Waals surface area contributed by atoms with Crippen molar-refractivity contribution in [3.05, 3.63) is 102 Å². The number of halogens is 1.